The second-order valence-corrected chi connectivity index (χ2v) is 18.9. The highest BCUT2D eigenvalue weighted by atomic mass is 16.6. The molecule has 0 spiro atoms. The van der Waals surface area contributed by atoms with E-state index >= 15 is 0 Å². The van der Waals surface area contributed by atoms with Gasteiger partial charge in [0.05, 0.1) is 42.7 Å². The molecule has 15 atom stereocenters. The van der Waals surface area contributed by atoms with E-state index < -0.39 is 12.1 Å². The summed E-state index contributed by atoms with van der Waals surface area (Å²) in [6.07, 6.45) is 20.1. The Hall–Kier alpha value is -3.76. The molecule has 2 aliphatic heterocycles. The molecule has 0 aromatic carbocycles. The van der Waals surface area contributed by atoms with E-state index in [1.54, 1.807) is 75.2 Å². The van der Waals surface area contributed by atoms with Gasteiger partial charge in [-0.25, -0.2) is 9.59 Å². The molecule has 0 N–H and O–H groups in total. The van der Waals surface area contributed by atoms with E-state index in [1.807, 2.05) is 65.0 Å². The normalized spacial score (nSPS) is 29.8. The number of rotatable bonds is 19. The van der Waals surface area contributed by atoms with Crippen LogP contribution in [0.5, 0.6) is 0 Å². The molecule has 14 heteroatoms. The van der Waals surface area contributed by atoms with Gasteiger partial charge >= 0.3 is 11.9 Å². The highest BCUT2D eigenvalue weighted by Gasteiger charge is 2.37. The van der Waals surface area contributed by atoms with Crippen molar-refractivity contribution in [3.63, 3.8) is 0 Å². The molecule has 14 nitrogen and oxygen atoms in total. The fraction of sp³-hybridized carbons (Fsp3) is 0.704. The highest BCUT2D eigenvalue weighted by molar-refractivity contribution is 5.84. The van der Waals surface area contributed by atoms with Gasteiger partial charge in [0, 0.05) is 130 Å². The zero-order valence-corrected chi connectivity index (χ0v) is 43.9. The Morgan fingerprint density at radius 3 is 2.00 bits per heavy atom. The quantitative estimate of drug-likeness (QED) is 0.0691. The summed E-state index contributed by atoms with van der Waals surface area (Å²) in [7, 11) is 13.3. The standard InChI is InChI=1S/C54H87NO13/c1-35-18-16-20-51(58)68-54(41(7)53(66-15)37(3)23-26-46(57)39(5)47(63-12)19-17-27-55(8)34-56)38(4)22-25-43(60-9)32-48(64-13)36(2)21-24-44(61-10)33-49(65-14)40(6)50-30-42(31-52(59)67-50)29-45(28-35)62-11/h16-18,20-22,24-25,27,31,34,36-41,43-45,47-50,53-54H,19,23,26,28-30,32-33H2,1-15H3/b20-16?,24-21?,25-22?,27-17+,35-18?/t36-,37-,38-,39-,40+,41-,43-,44+,45+,47+,48-,49-,50+,53-,54-/m0/s1. The summed E-state index contributed by atoms with van der Waals surface area (Å²) in [5.74, 6) is -1.91. The van der Waals surface area contributed by atoms with Crippen LogP contribution in [0.1, 0.15) is 99.8 Å². The van der Waals surface area contributed by atoms with Crippen LogP contribution >= 0.6 is 0 Å². The van der Waals surface area contributed by atoms with Crippen LogP contribution in [0.15, 0.2) is 72.0 Å². The lowest BCUT2D eigenvalue weighted by Crippen LogP contribution is -2.41. The van der Waals surface area contributed by atoms with Gasteiger partial charge in [-0.1, -0.05) is 95.2 Å². The average Bonchev–Trinajstić information content (AvgIpc) is 3.32. The van der Waals surface area contributed by atoms with Crippen LogP contribution in [0.25, 0.3) is 0 Å². The zero-order valence-electron chi connectivity index (χ0n) is 43.9. The summed E-state index contributed by atoms with van der Waals surface area (Å²) in [5.41, 5.74) is 1.93. The van der Waals surface area contributed by atoms with Gasteiger partial charge in [-0.15, -0.1) is 0 Å². The number of allylic oxidation sites excluding steroid dienone is 2. The van der Waals surface area contributed by atoms with Crippen LogP contribution in [0, 0.1) is 35.5 Å². The van der Waals surface area contributed by atoms with Crippen molar-refractivity contribution in [1.82, 2.24) is 4.90 Å². The van der Waals surface area contributed by atoms with Crippen molar-refractivity contribution in [3.8, 4) is 0 Å². The average molecular weight is 958 g/mol. The molecule has 68 heavy (non-hydrogen) atoms. The molecule has 0 saturated heterocycles. The molecule has 0 unspecified atom stereocenters. The molecule has 0 aromatic heterocycles. The number of carbonyl (C=O) groups excluding carboxylic acids is 4. The van der Waals surface area contributed by atoms with Crippen LogP contribution in [0.4, 0.5) is 0 Å². The SMILES string of the molecule is CO[C@@H]1CC(C)=CC=CC(=O)O[C@H]([C@@H](C)[C@@H](OC)[C@@H](C)CCC(=O)[C@H](C)[C@@H](C/C=C/N(C)C=O)OC)[C@@H](C)C=C[C@H](OC)C[C@H](OC)[C@@H](C)C=C[C@@H](OC)C[C@H](OC)[C@@H](C)[C@H]2CC(=CC(=O)O2)C1. The van der Waals surface area contributed by atoms with Crippen LogP contribution < -0.4 is 0 Å². The van der Waals surface area contributed by atoms with Gasteiger partial charge in [0.15, 0.2) is 0 Å². The predicted octanol–water partition coefficient (Wildman–Crippen LogP) is 8.59. The number of carbonyl (C=O) groups is 4. The van der Waals surface area contributed by atoms with Crippen molar-refractivity contribution >= 4 is 24.1 Å². The minimum Gasteiger partial charge on any atom is -0.458 e. The molecule has 2 rings (SSSR count). The number of nitrogens with zero attached hydrogens (tertiary/aromatic N) is 1. The molecule has 2 heterocycles. The first kappa shape index (κ1) is 60.4. The Kier molecular flexibility index (Phi) is 28.6. The van der Waals surface area contributed by atoms with E-state index in [2.05, 4.69) is 19.9 Å². The third-order valence-electron chi connectivity index (χ3n) is 13.9. The van der Waals surface area contributed by atoms with Gasteiger partial charge in [0.2, 0.25) is 6.41 Å². The van der Waals surface area contributed by atoms with Gasteiger partial charge in [-0.3, -0.25) is 9.59 Å². The maximum Gasteiger partial charge on any atom is 0.331 e. The van der Waals surface area contributed by atoms with E-state index in [9.17, 15) is 19.2 Å². The van der Waals surface area contributed by atoms with Crippen LogP contribution in [-0.4, -0.2) is 141 Å². The first-order chi connectivity index (χ1) is 32.4. The molecular weight excluding hydrogens is 871 g/mol. The van der Waals surface area contributed by atoms with Gasteiger partial charge in [0.1, 0.15) is 18.0 Å². The lowest BCUT2D eigenvalue weighted by Gasteiger charge is -2.35. The smallest absolute Gasteiger partial charge is 0.331 e. The summed E-state index contributed by atoms with van der Waals surface area (Å²) in [5, 5.41) is 0. The summed E-state index contributed by atoms with van der Waals surface area (Å²) in [6.45, 7) is 14.1. The largest absolute Gasteiger partial charge is 0.458 e. The number of cyclic esters (lactones) is 1. The molecule has 0 saturated carbocycles. The van der Waals surface area contributed by atoms with E-state index in [4.69, 9.17) is 42.6 Å². The number of Topliss-reactive ketones (excluding diaryl/α,β-unsaturated/α-hetero) is 1. The first-order valence-electron chi connectivity index (χ1n) is 24.3. The van der Waals surface area contributed by atoms with Crippen molar-refractivity contribution in [1.29, 1.82) is 0 Å². The van der Waals surface area contributed by atoms with Gasteiger partial charge in [0.25, 0.3) is 0 Å². The van der Waals surface area contributed by atoms with Gasteiger partial charge < -0.3 is 47.5 Å². The topological polar surface area (TPSA) is 155 Å². The number of ether oxygens (including phenoxy) is 9. The van der Waals surface area contributed by atoms with Crippen molar-refractivity contribution < 1.29 is 61.8 Å². The van der Waals surface area contributed by atoms with E-state index in [0.717, 1.165) is 11.1 Å². The fourth-order valence-corrected chi connectivity index (χ4v) is 9.37. The molecule has 1 amide bonds. The molecule has 0 fully saturated rings. The van der Waals surface area contributed by atoms with Crippen LogP contribution in [0.3, 0.4) is 0 Å². The summed E-state index contributed by atoms with van der Waals surface area (Å²) in [4.78, 5) is 52.5. The number of hydrogen-bond acceptors (Lipinski definition) is 13. The highest BCUT2D eigenvalue weighted by Crippen LogP contribution is 2.33. The Balaban J connectivity index is 2.49. The summed E-state index contributed by atoms with van der Waals surface area (Å²) in [6, 6.07) is 0. The van der Waals surface area contributed by atoms with E-state index in [0.29, 0.717) is 57.8 Å². The fourth-order valence-electron chi connectivity index (χ4n) is 9.37. The lowest BCUT2D eigenvalue weighted by molar-refractivity contribution is -0.152. The Morgan fingerprint density at radius 1 is 0.794 bits per heavy atom. The lowest BCUT2D eigenvalue weighted by atomic mass is 9.81. The van der Waals surface area contributed by atoms with Crippen molar-refractivity contribution in [2.24, 2.45) is 35.5 Å². The number of hydrogen-bond donors (Lipinski definition) is 0. The molecule has 0 aliphatic carbocycles. The van der Waals surface area contributed by atoms with E-state index in [1.165, 1.54) is 11.0 Å². The molecular formula is C54H87NO13. The Morgan fingerprint density at radius 2 is 1.43 bits per heavy atom. The van der Waals surface area contributed by atoms with Gasteiger partial charge in [-0.2, -0.15) is 0 Å². The van der Waals surface area contributed by atoms with E-state index in [-0.39, 0.29) is 96.1 Å². The maximum absolute atomic E-state index is 13.7. The number of amides is 1. The van der Waals surface area contributed by atoms with Gasteiger partial charge in [-0.05, 0) is 38.5 Å². The first-order valence-corrected chi connectivity index (χ1v) is 24.3. The molecule has 0 radical (unpaired) electrons. The maximum atomic E-state index is 13.7. The molecule has 2 bridgehead atoms. The Labute approximate surface area is 408 Å². The predicted molar refractivity (Wildman–Crippen MR) is 264 cm³/mol. The number of methoxy groups -OCH3 is 7. The van der Waals surface area contributed by atoms with Crippen LogP contribution in [-0.2, 0) is 61.8 Å². The third-order valence-corrected chi connectivity index (χ3v) is 13.9. The zero-order chi connectivity index (χ0) is 50.9. The third kappa shape index (κ3) is 20.3. The minimum absolute atomic E-state index is 0.0107. The minimum atomic E-state index is -0.609. The second-order valence-electron chi connectivity index (χ2n) is 18.9. The molecule has 386 valence electrons. The summed E-state index contributed by atoms with van der Waals surface area (Å²) < 4.78 is 53.8. The van der Waals surface area contributed by atoms with Crippen molar-refractivity contribution in [2.75, 3.05) is 56.8 Å². The molecule has 0 aromatic rings. The number of esters is 2. The van der Waals surface area contributed by atoms with Crippen molar-refractivity contribution in [2.45, 2.75) is 155 Å². The second kappa shape index (κ2) is 32.2. The number of fused-ring (bicyclic) bond motifs is 2. The number of ketones is 1. The molecule has 2 aliphatic rings. The summed E-state index contributed by atoms with van der Waals surface area (Å²) >= 11 is 0. The monoisotopic (exact) mass is 958 g/mol. The Bertz CT molecular complexity index is 1700. The van der Waals surface area contributed by atoms with Crippen LogP contribution in [0.2, 0.25) is 0 Å². The van der Waals surface area contributed by atoms with Crippen molar-refractivity contribution in [3.05, 3.63) is 72.0 Å².